The summed E-state index contributed by atoms with van der Waals surface area (Å²) in [6, 6.07) is 19.5. The number of hydrogen-bond donors (Lipinski definition) is 2. The van der Waals surface area contributed by atoms with Crippen LogP contribution in [-0.2, 0) is 4.79 Å². The molecule has 0 aliphatic heterocycles. The van der Waals surface area contributed by atoms with E-state index in [0.717, 1.165) is 3.57 Å². The highest BCUT2D eigenvalue weighted by Gasteiger charge is 2.14. The highest BCUT2D eigenvalue weighted by molar-refractivity contribution is 14.1. The van der Waals surface area contributed by atoms with Crippen LogP contribution >= 0.6 is 22.6 Å². The second-order valence-corrected chi connectivity index (χ2v) is 7.05. The van der Waals surface area contributed by atoms with Crippen molar-refractivity contribution in [1.82, 2.24) is 0 Å². The summed E-state index contributed by atoms with van der Waals surface area (Å²) in [5.74, 6) is -0.850. The van der Waals surface area contributed by atoms with Crippen LogP contribution in [0.4, 0.5) is 15.8 Å². The molecule has 0 spiro atoms. The number of carbonyl (C=O) groups excluding carboxylic acids is 2. The van der Waals surface area contributed by atoms with Gasteiger partial charge in [-0.15, -0.1) is 0 Å². The Bertz CT molecular complexity index is 976. The van der Waals surface area contributed by atoms with Crippen molar-refractivity contribution in [2.45, 2.75) is 0 Å². The van der Waals surface area contributed by atoms with Crippen LogP contribution in [0.25, 0.3) is 0 Å². The Hall–Kier alpha value is -2.94. The molecule has 0 aliphatic carbocycles. The summed E-state index contributed by atoms with van der Waals surface area (Å²) >= 11 is 2.18. The molecule has 0 aliphatic rings. The molecule has 0 radical (unpaired) electrons. The van der Waals surface area contributed by atoms with Gasteiger partial charge in [-0.1, -0.05) is 12.1 Å². The predicted molar refractivity (Wildman–Crippen MR) is 114 cm³/mol. The molecule has 2 N–H and O–H groups in total. The summed E-state index contributed by atoms with van der Waals surface area (Å²) < 4.78 is 19.5. The van der Waals surface area contributed by atoms with Gasteiger partial charge < -0.3 is 15.4 Å². The number of benzene rings is 3. The average Bonchev–Trinajstić information content (AvgIpc) is 2.70. The largest absolute Gasteiger partial charge is 0.483 e. The maximum Gasteiger partial charge on any atom is 0.262 e. The highest BCUT2D eigenvalue weighted by atomic mass is 127. The molecule has 0 atom stereocenters. The van der Waals surface area contributed by atoms with E-state index in [-0.39, 0.29) is 18.3 Å². The van der Waals surface area contributed by atoms with E-state index in [1.54, 1.807) is 36.4 Å². The van der Waals surface area contributed by atoms with E-state index >= 15 is 0 Å². The predicted octanol–water partition coefficient (Wildman–Crippen LogP) is 4.70. The first-order chi connectivity index (χ1) is 13.5. The summed E-state index contributed by atoms with van der Waals surface area (Å²) in [6.45, 7) is -0.287. The van der Waals surface area contributed by atoms with E-state index in [1.807, 2.05) is 12.1 Å². The van der Waals surface area contributed by atoms with Crippen molar-refractivity contribution in [3.8, 4) is 5.75 Å². The third kappa shape index (κ3) is 5.53. The lowest BCUT2D eigenvalue weighted by Gasteiger charge is -2.12. The lowest BCUT2D eigenvalue weighted by molar-refractivity contribution is -0.118. The number of anilines is 2. The molecule has 3 aromatic rings. The van der Waals surface area contributed by atoms with Gasteiger partial charge >= 0.3 is 0 Å². The smallest absolute Gasteiger partial charge is 0.262 e. The zero-order valence-electron chi connectivity index (χ0n) is 14.6. The number of hydrogen-bond acceptors (Lipinski definition) is 3. The van der Waals surface area contributed by atoms with Gasteiger partial charge in [-0.2, -0.15) is 0 Å². The number of halogens is 2. The van der Waals surface area contributed by atoms with Crippen molar-refractivity contribution in [3.63, 3.8) is 0 Å². The molecule has 0 bridgehead atoms. The molecular weight excluding hydrogens is 474 g/mol. The summed E-state index contributed by atoms with van der Waals surface area (Å²) in [6.07, 6.45) is 0. The number of amides is 2. The van der Waals surface area contributed by atoms with E-state index in [1.165, 1.54) is 24.3 Å². The maximum atomic E-state index is 12.9. The second-order valence-electron chi connectivity index (χ2n) is 5.80. The van der Waals surface area contributed by atoms with Crippen LogP contribution in [0.3, 0.4) is 0 Å². The van der Waals surface area contributed by atoms with E-state index < -0.39 is 5.91 Å². The Balaban J connectivity index is 1.63. The Kier molecular flexibility index (Phi) is 6.59. The van der Waals surface area contributed by atoms with Gasteiger partial charge in [-0.05, 0) is 83.3 Å². The molecule has 7 heteroatoms. The lowest BCUT2D eigenvalue weighted by Crippen LogP contribution is -2.21. The molecule has 3 rings (SSSR count). The molecule has 5 nitrogen and oxygen atoms in total. The van der Waals surface area contributed by atoms with Crippen LogP contribution in [0.5, 0.6) is 5.75 Å². The fourth-order valence-electron chi connectivity index (χ4n) is 2.39. The van der Waals surface area contributed by atoms with Gasteiger partial charge in [0.2, 0.25) is 0 Å². The van der Waals surface area contributed by atoms with E-state index in [9.17, 15) is 14.0 Å². The van der Waals surface area contributed by atoms with Gasteiger partial charge in [0, 0.05) is 14.9 Å². The quantitative estimate of drug-likeness (QED) is 0.493. The van der Waals surface area contributed by atoms with Crippen molar-refractivity contribution in [2.75, 3.05) is 17.2 Å². The maximum absolute atomic E-state index is 12.9. The summed E-state index contributed by atoms with van der Waals surface area (Å²) in [5, 5.41) is 5.40. The summed E-state index contributed by atoms with van der Waals surface area (Å²) in [4.78, 5) is 24.6. The molecule has 0 heterocycles. The lowest BCUT2D eigenvalue weighted by atomic mass is 10.2. The van der Waals surface area contributed by atoms with Crippen molar-refractivity contribution < 1.29 is 18.7 Å². The molecule has 28 heavy (non-hydrogen) atoms. The van der Waals surface area contributed by atoms with Crippen LogP contribution in [-0.4, -0.2) is 18.4 Å². The standard InChI is InChI=1S/C21H16FIN2O3/c22-14-5-9-16(10-6-14)24-20(26)13-28-19-4-2-1-3-18(19)21(27)25-17-11-7-15(23)8-12-17/h1-12H,13H2,(H,24,26)(H,25,27). The molecule has 0 saturated heterocycles. The number of ether oxygens (including phenoxy) is 1. The van der Waals surface area contributed by atoms with Crippen LogP contribution in [0.15, 0.2) is 72.8 Å². The fraction of sp³-hybridized carbons (Fsp3) is 0.0476. The molecule has 2 amide bonds. The van der Waals surface area contributed by atoms with Crippen LogP contribution in [0.2, 0.25) is 0 Å². The molecule has 0 unspecified atom stereocenters. The fourth-order valence-corrected chi connectivity index (χ4v) is 2.74. The average molecular weight is 490 g/mol. The Morgan fingerprint density at radius 1 is 0.857 bits per heavy atom. The van der Waals surface area contributed by atoms with E-state index in [2.05, 4.69) is 33.2 Å². The van der Waals surface area contributed by atoms with Crippen LogP contribution in [0.1, 0.15) is 10.4 Å². The topological polar surface area (TPSA) is 67.4 Å². The first-order valence-corrected chi connectivity index (χ1v) is 9.43. The van der Waals surface area contributed by atoms with Gasteiger partial charge in [0.25, 0.3) is 11.8 Å². The number of carbonyl (C=O) groups is 2. The van der Waals surface area contributed by atoms with E-state index in [4.69, 9.17) is 4.74 Å². The summed E-state index contributed by atoms with van der Waals surface area (Å²) in [7, 11) is 0. The first-order valence-electron chi connectivity index (χ1n) is 8.35. The molecule has 0 saturated carbocycles. The Morgan fingerprint density at radius 2 is 1.46 bits per heavy atom. The van der Waals surface area contributed by atoms with Crippen molar-refractivity contribution in [3.05, 3.63) is 87.7 Å². The Morgan fingerprint density at radius 3 is 2.18 bits per heavy atom. The van der Waals surface area contributed by atoms with E-state index in [0.29, 0.717) is 22.7 Å². The Labute approximate surface area is 175 Å². The molecule has 142 valence electrons. The van der Waals surface area contributed by atoms with Crippen LogP contribution in [0, 0.1) is 9.39 Å². The molecular formula is C21H16FIN2O3. The minimum absolute atomic E-state index is 0.287. The van der Waals surface area contributed by atoms with Crippen molar-refractivity contribution in [2.24, 2.45) is 0 Å². The first kappa shape index (κ1) is 19.8. The van der Waals surface area contributed by atoms with Gasteiger partial charge in [0.1, 0.15) is 11.6 Å². The minimum Gasteiger partial charge on any atom is -0.483 e. The third-order valence-corrected chi connectivity index (χ3v) is 4.44. The highest BCUT2D eigenvalue weighted by Crippen LogP contribution is 2.20. The second kappa shape index (κ2) is 9.32. The SMILES string of the molecule is O=C(COc1ccccc1C(=O)Nc1ccc(I)cc1)Nc1ccc(F)cc1. The summed E-state index contributed by atoms with van der Waals surface area (Å²) in [5.41, 5.74) is 1.43. The molecule has 3 aromatic carbocycles. The third-order valence-electron chi connectivity index (χ3n) is 3.72. The molecule has 0 fully saturated rings. The number of nitrogens with one attached hydrogen (secondary N) is 2. The number of rotatable bonds is 6. The zero-order valence-corrected chi connectivity index (χ0v) is 16.8. The van der Waals surface area contributed by atoms with Crippen LogP contribution < -0.4 is 15.4 Å². The van der Waals surface area contributed by atoms with Gasteiger partial charge in [0.15, 0.2) is 6.61 Å². The van der Waals surface area contributed by atoms with Crippen molar-refractivity contribution in [1.29, 1.82) is 0 Å². The van der Waals surface area contributed by atoms with Gasteiger partial charge in [-0.3, -0.25) is 9.59 Å². The van der Waals surface area contributed by atoms with Gasteiger partial charge in [0.05, 0.1) is 5.56 Å². The van der Waals surface area contributed by atoms with Crippen molar-refractivity contribution >= 4 is 45.8 Å². The monoisotopic (exact) mass is 490 g/mol. The number of para-hydroxylation sites is 1. The normalized spacial score (nSPS) is 10.2. The minimum atomic E-state index is -0.417. The van der Waals surface area contributed by atoms with Gasteiger partial charge in [-0.25, -0.2) is 4.39 Å². The molecule has 0 aromatic heterocycles. The zero-order chi connectivity index (χ0) is 19.9.